The van der Waals surface area contributed by atoms with E-state index in [4.69, 9.17) is 9.47 Å². The first-order chi connectivity index (χ1) is 16.6. The normalized spacial score (nSPS) is 19.2. The van der Waals surface area contributed by atoms with Crippen molar-refractivity contribution in [2.24, 2.45) is 5.92 Å². The number of aliphatic hydroxyl groups is 1. The highest BCUT2D eigenvalue weighted by atomic mass is 16.5. The second-order valence-electron chi connectivity index (χ2n) is 9.27. The summed E-state index contributed by atoms with van der Waals surface area (Å²) in [5, 5.41) is 13.1. The quantitative estimate of drug-likeness (QED) is 0.621. The molecule has 2 aromatic carbocycles. The highest BCUT2D eigenvalue weighted by Crippen LogP contribution is 2.29. The van der Waals surface area contributed by atoms with Gasteiger partial charge in [0.25, 0.3) is 5.91 Å². The molecular weight excluding hydrogens is 430 g/mol. The van der Waals surface area contributed by atoms with Crippen LogP contribution in [0, 0.1) is 5.92 Å². The van der Waals surface area contributed by atoms with Gasteiger partial charge >= 0.3 is 0 Å². The summed E-state index contributed by atoms with van der Waals surface area (Å²) in [6.07, 6.45) is 4.06. The first-order valence-corrected chi connectivity index (χ1v) is 12.3. The van der Waals surface area contributed by atoms with Crippen LogP contribution in [0.25, 0.3) is 0 Å². The second-order valence-corrected chi connectivity index (χ2v) is 9.27. The van der Waals surface area contributed by atoms with E-state index in [9.17, 15) is 9.90 Å². The summed E-state index contributed by atoms with van der Waals surface area (Å²) < 4.78 is 11.0. The van der Waals surface area contributed by atoms with E-state index in [1.54, 1.807) is 14.2 Å². The van der Waals surface area contributed by atoms with E-state index in [0.29, 0.717) is 19.1 Å². The van der Waals surface area contributed by atoms with E-state index in [1.807, 2.05) is 35.2 Å². The summed E-state index contributed by atoms with van der Waals surface area (Å²) >= 11 is 0. The molecule has 7 heteroatoms. The molecule has 4 rings (SSSR count). The van der Waals surface area contributed by atoms with Gasteiger partial charge in [-0.3, -0.25) is 4.79 Å². The van der Waals surface area contributed by atoms with Crippen LogP contribution in [0.2, 0.25) is 0 Å². The molecule has 2 heterocycles. The minimum absolute atomic E-state index is 0.0689. The molecule has 1 atom stereocenters. The molecule has 2 N–H and O–H groups in total. The minimum Gasteiger partial charge on any atom is -0.496 e. The number of carbonyl (C=O) groups is 1. The maximum absolute atomic E-state index is 12.9. The Bertz CT molecular complexity index is 919. The topological polar surface area (TPSA) is 74.3 Å². The summed E-state index contributed by atoms with van der Waals surface area (Å²) in [5.74, 6) is 1.96. The Morgan fingerprint density at radius 2 is 1.68 bits per heavy atom. The molecule has 2 fully saturated rings. The van der Waals surface area contributed by atoms with Crippen molar-refractivity contribution >= 4 is 11.6 Å². The molecule has 184 valence electrons. The Morgan fingerprint density at radius 3 is 2.29 bits per heavy atom. The fourth-order valence-electron chi connectivity index (χ4n) is 5.09. The van der Waals surface area contributed by atoms with Crippen LogP contribution in [0.5, 0.6) is 11.5 Å². The fraction of sp³-hybridized carbons (Fsp3) is 0.519. The number of hydrogen-bond donors (Lipinski definition) is 2. The molecule has 1 amide bonds. The number of likely N-dealkylation sites (tertiary alicyclic amines) is 1. The first-order valence-electron chi connectivity index (χ1n) is 12.3. The highest BCUT2D eigenvalue weighted by molar-refractivity contribution is 5.94. The van der Waals surface area contributed by atoms with E-state index in [0.717, 1.165) is 73.6 Å². The van der Waals surface area contributed by atoms with Gasteiger partial charge in [0.2, 0.25) is 0 Å². The van der Waals surface area contributed by atoms with Gasteiger partial charge in [0, 0.05) is 62.2 Å². The van der Waals surface area contributed by atoms with Gasteiger partial charge in [0.05, 0.1) is 14.2 Å². The van der Waals surface area contributed by atoms with Gasteiger partial charge in [-0.25, -0.2) is 0 Å². The minimum atomic E-state index is 0.0689. The van der Waals surface area contributed by atoms with Gasteiger partial charge in [-0.05, 0) is 68.0 Å². The molecule has 34 heavy (non-hydrogen) atoms. The molecule has 0 spiro atoms. The number of benzene rings is 2. The molecule has 2 saturated heterocycles. The molecule has 0 aromatic heterocycles. The van der Waals surface area contributed by atoms with Crippen LogP contribution in [-0.4, -0.2) is 69.0 Å². The number of anilines is 1. The van der Waals surface area contributed by atoms with E-state index < -0.39 is 0 Å². The number of carbonyl (C=O) groups excluding carboxylic acids is 1. The maximum atomic E-state index is 12.9. The number of nitrogens with one attached hydrogen (secondary N) is 1. The van der Waals surface area contributed by atoms with E-state index in [-0.39, 0.29) is 18.4 Å². The average molecular weight is 468 g/mol. The monoisotopic (exact) mass is 467 g/mol. The molecule has 2 aliphatic heterocycles. The smallest absolute Gasteiger partial charge is 0.253 e. The fourth-order valence-corrected chi connectivity index (χ4v) is 5.09. The van der Waals surface area contributed by atoms with Crippen molar-refractivity contribution in [2.45, 2.75) is 38.3 Å². The van der Waals surface area contributed by atoms with Gasteiger partial charge in [-0.2, -0.15) is 0 Å². The average Bonchev–Trinajstić information content (AvgIpc) is 2.91. The number of hydrogen-bond acceptors (Lipinski definition) is 6. The molecular formula is C27H37N3O4. The van der Waals surface area contributed by atoms with Crippen molar-refractivity contribution < 1.29 is 19.4 Å². The number of ether oxygens (including phenoxy) is 2. The second kappa shape index (κ2) is 11.6. The number of piperidine rings is 2. The third-order valence-electron chi connectivity index (χ3n) is 7.14. The van der Waals surface area contributed by atoms with Crippen LogP contribution >= 0.6 is 0 Å². The molecule has 7 nitrogen and oxygen atoms in total. The van der Waals surface area contributed by atoms with E-state index in [1.165, 1.54) is 0 Å². The SMILES string of the molecule is COc1cccc(OC)c1CNC1CCN(c2ccc(C(=O)N3CCCC(CO)C3)cc2)CC1. The zero-order chi connectivity index (χ0) is 23.9. The number of aliphatic hydroxyl groups excluding tert-OH is 1. The van der Waals surface area contributed by atoms with Crippen LogP contribution in [-0.2, 0) is 6.54 Å². The van der Waals surface area contributed by atoms with Crippen molar-refractivity contribution in [1.29, 1.82) is 0 Å². The van der Waals surface area contributed by atoms with Gasteiger partial charge in [0.1, 0.15) is 11.5 Å². The van der Waals surface area contributed by atoms with Crippen molar-refractivity contribution in [1.82, 2.24) is 10.2 Å². The lowest BCUT2D eigenvalue weighted by Gasteiger charge is -2.34. The predicted molar refractivity (Wildman–Crippen MR) is 134 cm³/mol. The molecule has 2 aliphatic rings. The van der Waals surface area contributed by atoms with Gasteiger partial charge in [-0.1, -0.05) is 6.07 Å². The maximum Gasteiger partial charge on any atom is 0.253 e. The van der Waals surface area contributed by atoms with Crippen LogP contribution in [0.15, 0.2) is 42.5 Å². The Balaban J connectivity index is 1.29. The molecule has 0 aliphatic carbocycles. The van der Waals surface area contributed by atoms with Gasteiger partial charge in [0.15, 0.2) is 0 Å². The molecule has 0 saturated carbocycles. The number of amides is 1. The lowest BCUT2D eigenvalue weighted by Crippen LogP contribution is -2.42. The van der Waals surface area contributed by atoms with Crippen LogP contribution < -0.4 is 19.7 Å². The molecule has 1 unspecified atom stereocenters. The summed E-state index contributed by atoms with van der Waals surface area (Å²) in [6, 6.07) is 14.3. The van der Waals surface area contributed by atoms with Crippen LogP contribution in [0.3, 0.4) is 0 Å². The van der Waals surface area contributed by atoms with Crippen LogP contribution in [0.1, 0.15) is 41.6 Å². The van der Waals surface area contributed by atoms with Crippen LogP contribution in [0.4, 0.5) is 5.69 Å². The van der Waals surface area contributed by atoms with Crippen molar-refractivity contribution in [3.63, 3.8) is 0 Å². The van der Waals surface area contributed by atoms with E-state index >= 15 is 0 Å². The lowest BCUT2D eigenvalue weighted by molar-refractivity contribution is 0.0620. The molecule has 2 aromatic rings. The third kappa shape index (κ3) is 5.65. The summed E-state index contributed by atoms with van der Waals surface area (Å²) in [4.78, 5) is 17.1. The van der Waals surface area contributed by atoms with E-state index in [2.05, 4.69) is 22.3 Å². The first kappa shape index (κ1) is 24.4. The number of methoxy groups -OCH3 is 2. The Kier molecular flexibility index (Phi) is 8.29. The largest absolute Gasteiger partial charge is 0.496 e. The molecule has 0 radical (unpaired) electrons. The summed E-state index contributed by atoms with van der Waals surface area (Å²) in [5.41, 5.74) is 2.94. The summed E-state index contributed by atoms with van der Waals surface area (Å²) in [6.45, 7) is 4.23. The number of nitrogens with zero attached hydrogens (tertiary/aromatic N) is 2. The van der Waals surface area contributed by atoms with Crippen molar-refractivity contribution in [2.75, 3.05) is 51.9 Å². The highest BCUT2D eigenvalue weighted by Gasteiger charge is 2.25. The van der Waals surface area contributed by atoms with Crippen molar-refractivity contribution in [3.05, 3.63) is 53.6 Å². The van der Waals surface area contributed by atoms with Crippen molar-refractivity contribution in [3.8, 4) is 11.5 Å². The Hall–Kier alpha value is -2.77. The molecule has 0 bridgehead atoms. The van der Waals surface area contributed by atoms with Gasteiger partial charge < -0.3 is 29.7 Å². The summed E-state index contributed by atoms with van der Waals surface area (Å²) in [7, 11) is 3.38. The Morgan fingerprint density at radius 1 is 1.00 bits per heavy atom. The van der Waals surface area contributed by atoms with Gasteiger partial charge in [-0.15, -0.1) is 0 Å². The zero-order valence-corrected chi connectivity index (χ0v) is 20.3. The number of rotatable bonds is 8. The predicted octanol–water partition coefficient (Wildman–Crippen LogP) is 3.31. The Labute approximate surface area is 202 Å². The third-order valence-corrected chi connectivity index (χ3v) is 7.14. The standard InChI is InChI=1S/C27H37N3O4/c1-33-25-6-3-7-26(34-2)24(25)17-28-22-12-15-29(16-13-22)23-10-8-21(9-11-23)27(32)30-14-4-5-20(18-30)19-31/h3,6-11,20,22,28,31H,4-5,12-19H2,1-2H3. The lowest BCUT2D eigenvalue weighted by atomic mass is 9.98. The zero-order valence-electron chi connectivity index (χ0n) is 20.3.